The van der Waals surface area contributed by atoms with Crippen molar-refractivity contribution in [2.24, 2.45) is 28.8 Å². The lowest BCUT2D eigenvalue weighted by atomic mass is 9.85. The zero-order chi connectivity index (χ0) is 26.3. The number of nitrogens with zero attached hydrogens (tertiary/aromatic N) is 2. The Hall–Kier alpha value is -3.24. The first-order chi connectivity index (χ1) is 17.8. The molecule has 1 N–H and O–H groups in total. The van der Waals surface area contributed by atoms with Crippen molar-refractivity contribution in [3.8, 4) is 11.5 Å². The van der Waals surface area contributed by atoms with Crippen molar-refractivity contribution in [3.05, 3.63) is 63.4 Å². The van der Waals surface area contributed by atoms with Crippen molar-refractivity contribution in [1.29, 1.82) is 0 Å². The highest BCUT2D eigenvalue weighted by Crippen LogP contribution is 2.52. The van der Waals surface area contributed by atoms with Crippen LogP contribution in [0.2, 0.25) is 5.02 Å². The Bertz CT molecular complexity index is 1320. The summed E-state index contributed by atoms with van der Waals surface area (Å²) in [5, 5.41) is 7.67. The number of hydrazone groups is 1. The monoisotopic (exact) mass is 589 g/mol. The standard InChI is InChI=1S/C26H22BrClFN3O5/c1-2-36-18-10-15(11-30-32-25(34)20-13-7-8-14(9-13)21(20)26(32)35)22(27)23(28)24(18)37-12-19(33)31-17-6-4-3-5-16(17)29/h3-8,10-11,13-14,20-21H,2,9,12H2,1H3,(H,31,33)/t13-,14-,20-,21+/m0/s1. The van der Waals surface area contributed by atoms with E-state index in [-0.39, 0.29) is 64.3 Å². The summed E-state index contributed by atoms with van der Waals surface area (Å²) in [4.78, 5) is 38.1. The second-order valence-electron chi connectivity index (χ2n) is 8.90. The highest BCUT2D eigenvalue weighted by atomic mass is 79.9. The normalized spacial score (nSPS) is 23.7. The Morgan fingerprint density at radius 3 is 2.54 bits per heavy atom. The topological polar surface area (TPSA) is 97.3 Å². The van der Waals surface area contributed by atoms with E-state index in [9.17, 15) is 18.8 Å². The molecular weight excluding hydrogens is 569 g/mol. The van der Waals surface area contributed by atoms with Crippen molar-refractivity contribution < 1.29 is 28.2 Å². The summed E-state index contributed by atoms with van der Waals surface area (Å²) in [6.45, 7) is 1.58. The lowest BCUT2D eigenvalue weighted by Gasteiger charge is -2.16. The minimum atomic E-state index is -0.592. The van der Waals surface area contributed by atoms with Crippen LogP contribution in [0.5, 0.6) is 11.5 Å². The summed E-state index contributed by atoms with van der Waals surface area (Å²) in [6.07, 6.45) is 6.23. The number of rotatable bonds is 8. The molecule has 0 aromatic heterocycles. The Labute approximate surface area is 225 Å². The number of hydrogen-bond acceptors (Lipinski definition) is 6. The number of halogens is 3. The number of para-hydroxylation sites is 1. The Balaban J connectivity index is 1.33. The number of carbonyl (C=O) groups is 3. The van der Waals surface area contributed by atoms with E-state index >= 15 is 0 Å². The highest BCUT2D eigenvalue weighted by molar-refractivity contribution is 9.10. The number of carbonyl (C=O) groups excluding carboxylic acids is 3. The molecule has 4 atom stereocenters. The summed E-state index contributed by atoms with van der Waals surface area (Å²) in [7, 11) is 0. The van der Waals surface area contributed by atoms with Crippen molar-refractivity contribution in [2.75, 3.05) is 18.5 Å². The molecule has 3 amide bonds. The van der Waals surface area contributed by atoms with Gasteiger partial charge in [-0.2, -0.15) is 10.1 Å². The fraction of sp³-hybridized carbons (Fsp3) is 0.308. The molecule has 0 unspecified atom stereocenters. The fourth-order valence-electron chi connectivity index (χ4n) is 5.10. The van der Waals surface area contributed by atoms with Gasteiger partial charge in [-0.05, 0) is 59.3 Å². The van der Waals surface area contributed by atoms with E-state index in [2.05, 4.69) is 26.3 Å². The van der Waals surface area contributed by atoms with Gasteiger partial charge in [0.25, 0.3) is 17.7 Å². The molecule has 2 aromatic carbocycles. The van der Waals surface area contributed by atoms with Crippen molar-refractivity contribution in [1.82, 2.24) is 5.01 Å². The molecule has 5 rings (SSSR count). The van der Waals surface area contributed by atoms with Gasteiger partial charge in [0.1, 0.15) is 10.8 Å². The molecule has 1 aliphatic heterocycles. The zero-order valence-corrected chi connectivity index (χ0v) is 22.0. The van der Waals surface area contributed by atoms with Crippen LogP contribution in [-0.4, -0.2) is 42.2 Å². The maximum atomic E-state index is 13.8. The predicted octanol–water partition coefficient (Wildman–Crippen LogP) is 4.80. The van der Waals surface area contributed by atoms with Gasteiger partial charge >= 0.3 is 0 Å². The van der Waals surface area contributed by atoms with Crippen LogP contribution in [-0.2, 0) is 14.4 Å². The lowest BCUT2D eigenvalue weighted by Crippen LogP contribution is -2.28. The van der Waals surface area contributed by atoms with Crippen LogP contribution in [0.1, 0.15) is 18.9 Å². The third-order valence-corrected chi connectivity index (χ3v) is 8.15. The molecule has 3 aliphatic rings. The number of imide groups is 1. The van der Waals surface area contributed by atoms with Crippen LogP contribution in [0, 0.1) is 29.5 Å². The molecule has 37 heavy (non-hydrogen) atoms. The van der Waals surface area contributed by atoms with Crippen molar-refractivity contribution >= 4 is 57.2 Å². The van der Waals surface area contributed by atoms with Crippen LogP contribution in [0.4, 0.5) is 10.1 Å². The maximum Gasteiger partial charge on any atom is 0.262 e. The summed E-state index contributed by atoms with van der Waals surface area (Å²) >= 11 is 9.92. The van der Waals surface area contributed by atoms with Crippen LogP contribution < -0.4 is 14.8 Å². The average molecular weight is 591 g/mol. The van der Waals surface area contributed by atoms with E-state index in [1.54, 1.807) is 19.1 Å². The molecular formula is C26H22BrClFN3O5. The lowest BCUT2D eigenvalue weighted by molar-refractivity contribution is -0.140. The second kappa shape index (κ2) is 10.3. The van der Waals surface area contributed by atoms with Gasteiger partial charge in [-0.25, -0.2) is 4.39 Å². The van der Waals surface area contributed by atoms with Crippen LogP contribution in [0.15, 0.2) is 52.1 Å². The molecule has 8 nitrogen and oxygen atoms in total. The molecule has 2 aliphatic carbocycles. The molecule has 11 heteroatoms. The molecule has 1 saturated heterocycles. The zero-order valence-electron chi connectivity index (χ0n) is 19.6. The van der Waals surface area contributed by atoms with Gasteiger partial charge in [0.15, 0.2) is 18.1 Å². The smallest absolute Gasteiger partial charge is 0.262 e. The third kappa shape index (κ3) is 4.64. The van der Waals surface area contributed by atoms with Gasteiger partial charge in [-0.1, -0.05) is 35.9 Å². The molecule has 1 heterocycles. The van der Waals surface area contributed by atoms with Crippen molar-refractivity contribution in [3.63, 3.8) is 0 Å². The number of nitrogens with one attached hydrogen (secondary N) is 1. The van der Waals surface area contributed by atoms with E-state index in [0.29, 0.717) is 10.0 Å². The van der Waals surface area contributed by atoms with Gasteiger partial charge in [0.2, 0.25) is 0 Å². The molecule has 2 aromatic rings. The first-order valence-electron chi connectivity index (χ1n) is 11.7. The minimum Gasteiger partial charge on any atom is -0.490 e. The Morgan fingerprint density at radius 1 is 1.22 bits per heavy atom. The van der Waals surface area contributed by atoms with Gasteiger partial charge in [0, 0.05) is 10.0 Å². The number of hydrogen-bond donors (Lipinski definition) is 1. The Kier molecular flexibility index (Phi) is 7.04. The average Bonchev–Trinajstić information content (AvgIpc) is 3.56. The van der Waals surface area contributed by atoms with Crippen LogP contribution in [0.3, 0.4) is 0 Å². The quantitative estimate of drug-likeness (QED) is 0.271. The summed E-state index contributed by atoms with van der Waals surface area (Å²) in [5.41, 5.74) is 0.467. The van der Waals surface area contributed by atoms with E-state index < -0.39 is 18.3 Å². The van der Waals surface area contributed by atoms with Gasteiger partial charge < -0.3 is 14.8 Å². The molecule has 0 spiro atoms. The predicted molar refractivity (Wildman–Crippen MR) is 138 cm³/mol. The molecule has 0 radical (unpaired) electrons. The fourth-order valence-corrected chi connectivity index (χ4v) is 5.76. The number of allylic oxidation sites excluding steroid dienone is 2. The molecule has 1 saturated carbocycles. The number of benzene rings is 2. The summed E-state index contributed by atoms with van der Waals surface area (Å²) in [6, 6.07) is 7.35. The van der Waals surface area contributed by atoms with Crippen LogP contribution in [0.25, 0.3) is 0 Å². The second-order valence-corrected chi connectivity index (χ2v) is 10.1. The van der Waals surface area contributed by atoms with Gasteiger partial charge in [0.05, 0.1) is 30.3 Å². The van der Waals surface area contributed by atoms with E-state index in [4.69, 9.17) is 21.1 Å². The third-order valence-electron chi connectivity index (χ3n) is 6.71. The Morgan fingerprint density at radius 2 is 1.89 bits per heavy atom. The highest BCUT2D eigenvalue weighted by Gasteiger charge is 2.59. The summed E-state index contributed by atoms with van der Waals surface area (Å²) < 4.78 is 25.5. The first kappa shape index (κ1) is 25.4. The maximum absolute atomic E-state index is 13.8. The molecule has 2 fully saturated rings. The summed E-state index contributed by atoms with van der Waals surface area (Å²) in [5.74, 6) is -1.95. The number of anilines is 1. The number of fused-ring (bicyclic) bond motifs is 5. The van der Waals surface area contributed by atoms with E-state index in [1.807, 2.05) is 12.2 Å². The SMILES string of the molecule is CCOc1cc(C=NN2C(=O)[C@@H]3[C@H](C2=O)[C@H]2C=C[C@H]3C2)c(Br)c(Cl)c1OCC(=O)Nc1ccccc1F. The molecule has 2 bridgehead atoms. The van der Waals surface area contributed by atoms with Gasteiger partial charge in [-0.3, -0.25) is 14.4 Å². The minimum absolute atomic E-state index is 0.0268. The molecule has 192 valence electrons. The number of amides is 3. The van der Waals surface area contributed by atoms with Crippen molar-refractivity contribution in [2.45, 2.75) is 13.3 Å². The number of ether oxygens (including phenoxy) is 2. The first-order valence-corrected chi connectivity index (χ1v) is 12.9. The van der Waals surface area contributed by atoms with Crippen LogP contribution >= 0.6 is 27.5 Å². The van der Waals surface area contributed by atoms with Gasteiger partial charge in [-0.15, -0.1) is 0 Å². The van der Waals surface area contributed by atoms with E-state index in [1.165, 1.54) is 24.4 Å². The largest absolute Gasteiger partial charge is 0.490 e. The van der Waals surface area contributed by atoms with E-state index in [0.717, 1.165) is 11.4 Å².